The molecule has 4 nitrogen and oxygen atoms in total. The van der Waals surface area contributed by atoms with Gasteiger partial charge in [-0.2, -0.15) is 4.98 Å². The van der Waals surface area contributed by atoms with Crippen LogP contribution in [0.2, 0.25) is 10.3 Å². The molecule has 1 atom stereocenters. The molecule has 0 bridgehead atoms. The van der Waals surface area contributed by atoms with Gasteiger partial charge in [-0.15, -0.1) is 0 Å². The van der Waals surface area contributed by atoms with Crippen molar-refractivity contribution in [2.45, 2.75) is 25.4 Å². The lowest BCUT2D eigenvalue weighted by Gasteiger charge is -2.10. The lowest BCUT2D eigenvalue weighted by Crippen LogP contribution is -2.12. The summed E-state index contributed by atoms with van der Waals surface area (Å²) in [6.07, 6.45) is 2.92. The lowest BCUT2D eigenvalue weighted by atomic mass is 10.1. The summed E-state index contributed by atoms with van der Waals surface area (Å²) in [5.41, 5.74) is 6.26. The molecule has 1 aromatic rings. The second-order valence-corrected chi connectivity index (χ2v) is 4.19. The summed E-state index contributed by atoms with van der Waals surface area (Å²) < 4.78 is 5.49. The molecule has 0 spiro atoms. The topological polar surface area (TPSA) is 61.0 Å². The molecule has 0 aliphatic carbocycles. The minimum Gasteiger partial charge on any atom is -0.382 e. The lowest BCUT2D eigenvalue weighted by molar-refractivity contribution is 0.110. The van der Waals surface area contributed by atoms with Crippen LogP contribution in [-0.4, -0.2) is 22.7 Å². The van der Waals surface area contributed by atoms with Gasteiger partial charge >= 0.3 is 0 Å². The van der Waals surface area contributed by atoms with E-state index in [0.29, 0.717) is 17.1 Å². The Morgan fingerprint density at radius 1 is 1.40 bits per heavy atom. The second-order valence-electron chi connectivity index (χ2n) is 3.48. The molecule has 0 unspecified atom stereocenters. The van der Waals surface area contributed by atoms with E-state index in [2.05, 4.69) is 9.97 Å². The number of nitrogens with two attached hydrogens (primary N) is 1. The Morgan fingerprint density at radius 2 is 2.20 bits per heavy atom. The molecule has 0 amide bonds. The summed E-state index contributed by atoms with van der Waals surface area (Å²) in [5, 5.41) is 0.514. The van der Waals surface area contributed by atoms with Crippen LogP contribution in [0.3, 0.4) is 0 Å². The van der Waals surface area contributed by atoms with Crippen molar-refractivity contribution in [2.24, 2.45) is 0 Å². The van der Waals surface area contributed by atoms with Gasteiger partial charge in [0.05, 0.1) is 11.8 Å². The molecule has 15 heavy (non-hydrogen) atoms. The Morgan fingerprint density at radius 3 is 2.87 bits per heavy atom. The number of hydrogen-bond donors (Lipinski definition) is 1. The van der Waals surface area contributed by atoms with Crippen LogP contribution < -0.4 is 5.73 Å². The third-order valence-electron chi connectivity index (χ3n) is 2.36. The molecule has 0 saturated carbocycles. The van der Waals surface area contributed by atoms with Crippen LogP contribution in [0.25, 0.3) is 0 Å². The fourth-order valence-corrected chi connectivity index (χ4v) is 1.99. The molecule has 0 aromatic carbocycles. The number of aromatic nitrogens is 2. The SMILES string of the molecule is Nc1nc(Cl)nc(C[C@@H]2CCCO2)c1Cl. The summed E-state index contributed by atoms with van der Waals surface area (Å²) >= 11 is 11.7. The van der Waals surface area contributed by atoms with Gasteiger partial charge in [0, 0.05) is 13.0 Å². The molecule has 82 valence electrons. The van der Waals surface area contributed by atoms with Gasteiger partial charge in [0.25, 0.3) is 0 Å². The minimum atomic E-state index is 0.130. The first kappa shape index (κ1) is 10.9. The van der Waals surface area contributed by atoms with E-state index in [0.717, 1.165) is 19.4 Å². The van der Waals surface area contributed by atoms with E-state index in [-0.39, 0.29) is 17.2 Å². The quantitative estimate of drug-likeness (QED) is 0.814. The van der Waals surface area contributed by atoms with Crippen LogP contribution in [0.1, 0.15) is 18.5 Å². The summed E-state index contributed by atoms with van der Waals surface area (Å²) in [6, 6.07) is 0. The van der Waals surface area contributed by atoms with E-state index in [9.17, 15) is 0 Å². The normalized spacial score (nSPS) is 20.8. The van der Waals surface area contributed by atoms with Gasteiger partial charge in [0.15, 0.2) is 0 Å². The van der Waals surface area contributed by atoms with Gasteiger partial charge in [0.2, 0.25) is 5.28 Å². The predicted octanol–water partition coefficient (Wildman–Crippen LogP) is 2.09. The van der Waals surface area contributed by atoms with E-state index in [1.54, 1.807) is 0 Å². The number of rotatable bonds is 2. The molecule has 1 aromatic heterocycles. The number of nitrogen functional groups attached to an aromatic ring is 1. The molecule has 2 N–H and O–H groups in total. The van der Waals surface area contributed by atoms with Crippen molar-refractivity contribution >= 4 is 29.0 Å². The van der Waals surface area contributed by atoms with Gasteiger partial charge in [-0.1, -0.05) is 11.6 Å². The molecular weight excluding hydrogens is 237 g/mol. The standard InChI is InChI=1S/C9H11Cl2N3O/c10-7-6(4-5-2-1-3-15-5)13-9(11)14-8(7)12/h5H,1-4H2,(H2,12,13,14)/t5-/m0/s1. The maximum atomic E-state index is 5.98. The maximum Gasteiger partial charge on any atom is 0.224 e. The van der Waals surface area contributed by atoms with Crippen molar-refractivity contribution in [3.63, 3.8) is 0 Å². The fraction of sp³-hybridized carbons (Fsp3) is 0.556. The largest absolute Gasteiger partial charge is 0.382 e. The Labute approximate surface area is 97.7 Å². The highest BCUT2D eigenvalue weighted by atomic mass is 35.5. The predicted molar refractivity (Wildman–Crippen MR) is 59.1 cm³/mol. The molecule has 0 radical (unpaired) electrons. The Balaban J connectivity index is 2.19. The first-order valence-electron chi connectivity index (χ1n) is 4.76. The van der Waals surface area contributed by atoms with Crippen LogP contribution >= 0.6 is 23.2 Å². The van der Waals surface area contributed by atoms with Gasteiger partial charge in [0.1, 0.15) is 10.8 Å². The van der Waals surface area contributed by atoms with Crippen molar-refractivity contribution < 1.29 is 4.74 Å². The molecule has 2 rings (SSSR count). The van der Waals surface area contributed by atoms with Gasteiger partial charge in [-0.25, -0.2) is 4.98 Å². The number of ether oxygens (including phenoxy) is 1. The molecule has 1 aliphatic heterocycles. The Kier molecular flexibility index (Phi) is 3.29. The third-order valence-corrected chi connectivity index (χ3v) is 2.94. The van der Waals surface area contributed by atoms with Crippen molar-refractivity contribution in [2.75, 3.05) is 12.3 Å². The summed E-state index contributed by atoms with van der Waals surface area (Å²) in [7, 11) is 0. The average molecular weight is 248 g/mol. The molecule has 1 aliphatic rings. The molecule has 2 heterocycles. The van der Waals surface area contributed by atoms with Gasteiger partial charge < -0.3 is 10.5 Å². The van der Waals surface area contributed by atoms with Crippen LogP contribution in [0.15, 0.2) is 0 Å². The monoisotopic (exact) mass is 247 g/mol. The van der Waals surface area contributed by atoms with Crippen molar-refractivity contribution in [3.05, 3.63) is 16.0 Å². The molecule has 6 heteroatoms. The van der Waals surface area contributed by atoms with E-state index in [1.807, 2.05) is 0 Å². The minimum absolute atomic E-state index is 0.130. The van der Waals surface area contributed by atoms with E-state index < -0.39 is 0 Å². The zero-order valence-electron chi connectivity index (χ0n) is 8.04. The Hall–Kier alpha value is -0.580. The van der Waals surface area contributed by atoms with Crippen LogP contribution in [0.5, 0.6) is 0 Å². The third kappa shape index (κ3) is 2.51. The van der Waals surface area contributed by atoms with E-state index in [4.69, 9.17) is 33.7 Å². The average Bonchev–Trinajstić information content (AvgIpc) is 2.66. The fourth-order valence-electron chi connectivity index (χ4n) is 1.64. The first-order valence-corrected chi connectivity index (χ1v) is 5.51. The van der Waals surface area contributed by atoms with Gasteiger partial charge in [-0.05, 0) is 24.4 Å². The van der Waals surface area contributed by atoms with Crippen molar-refractivity contribution in [3.8, 4) is 0 Å². The van der Waals surface area contributed by atoms with Gasteiger partial charge in [-0.3, -0.25) is 0 Å². The maximum absolute atomic E-state index is 5.98. The van der Waals surface area contributed by atoms with E-state index >= 15 is 0 Å². The highest BCUT2D eigenvalue weighted by Crippen LogP contribution is 2.25. The number of hydrogen-bond acceptors (Lipinski definition) is 4. The summed E-state index contributed by atoms with van der Waals surface area (Å²) in [5.74, 6) is 0.227. The molecule has 1 saturated heterocycles. The Bertz CT molecular complexity index is 367. The zero-order valence-corrected chi connectivity index (χ0v) is 9.55. The highest BCUT2D eigenvalue weighted by molar-refractivity contribution is 6.34. The zero-order chi connectivity index (χ0) is 10.8. The molecule has 1 fully saturated rings. The van der Waals surface area contributed by atoms with Crippen LogP contribution in [0.4, 0.5) is 5.82 Å². The van der Waals surface area contributed by atoms with E-state index in [1.165, 1.54) is 0 Å². The second kappa shape index (κ2) is 4.51. The van der Waals surface area contributed by atoms with Crippen LogP contribution in [0, 0.1) is 0 Å². The highest BCUT2D eigenvalue weighted by Gasteiger charge is 2.19. The summed E-state index contributed by atoms with van der Waals surface area (Å²) in [4.78, 5) is 7.83. The van der Waals surface area contributed by atoms with Crippen LogP contribution in [-0.2, 0) is 11.2 Å². The first-order chi connectivity index (χ1) is 7.16. The number of anilines is 1. The smallest absolute Gasteiger partial charge is 0.224 e. The van der Waals surface area contributed by atoms with Crippen molar-refractivity contribution in [1.82, 2.24) is 9.97 Å². The number of halogens is 2. The number of nitrogens with zero attached hydrogens (tertiary/aromatic N) is 2. The molecular formula is C9H11Cl2N3O. The summed E-state index contributed by atoms with van der Waals surface area (Å²) in [6.45, 7) is 0.802. The van der Waals surface area contributed by atoms with Crippen molar-refractivity contribution in [1.29, 1.82) is 0 Å².